The molecule has 1 heterocycles. The van der Waals surface area contributed by atoms with Crippen molar-refractivity contribution in [2.24, 2.45) is 5.92 Å². The maximum Gasteiger partial charge on any atom is 0.262 e. The van der Waals surface area contributed by atoms with Crippen molar-refractivity contribution in [1.82, 2.24) is 10.3 Å². The summed E-state index contributed by atoms with van der Waals surface area (Å²) in [4.78, 5) is 3.99. The third-order valence-electron chi connectivity index (χ3n) is 3.85. The monoisotopic (exact) mass is 363 g/mol. The molecule has 25 heavy (non-hydrogen) atoms. The summed E-state index contributed by atoms with van der Waals surface area (Å²) in [5.74, 6) is 0.494. The van der Waals surface area contributed by atoms with E-state index in [0.717, 1.165) is 12.0 Å². The van der Waals surface area contributed by atoms with Crippen molar-refractivity contribution in [3.63, 3.8) is 0 Å². The molecule has 0 spiro atoms. The van der Waals surface area contributed by atoms with Crippen LogP contribution >= 0.6 is 0 Å². The Kier molecular flexibility index (Phi) is 6.52. The molecular weight excluding hydrogens is 338 g/mol. The molecule has 0 aliphatic heterocycles. The van der Waals surface area contributed by atoms with Gasteiger partial charge in [0.05, 0.1) is 16.8 Å². The minimum atomic E-state index is -3.84. The molecule has 0 bridgehead atoms. The molecule has 0 saturated heterocycles. The minimum Gasteiger partial charge on any atom is -0.374 e. The summed E-state index contributed by atoms with van der Waals surface area (Å²) in [5.41, 5.74) is 1.51. The number of aliphatic hydroxyl groups is 1. The maximum absolute atomic E-state index is 12.8. The average molecular weight is 363 g/mol. The number of rotatable bonds is 8. The number of pyridine rings is 1. The summed E-state index contributed by atoms with van der Waals surface area (Å²) in [5, 5.41) is 13.4. The number of hydrogen-bond donors (Lipinski definition) is 3. The van der Waals surface area contributed by atoms with Crippen LogP contribution in [-0.4, -0.2) is 25.1 Å². The zero-order valence-electron chi connectivity index (χ0n) is 14.7. The van der Waals surface area contributed by atoms with Crippen LogP contribution in [0.4, 0.5) is 5.69 Å². The molecule has 3 N–H and O–H groups in total. The Hall–Kier alpha value is -1.96. The second kappa shape index (κ2) is 8.42. The molecule has 0 fully saturated rings. The second-order valence-corrected chi connectivity index (χ2v) is 8.02. The highest BCUT2D eigenvalue weighted by molar-refractivity contribution is 7.92. The van der Waals surface area contributed by atoms with E-state index in [1.807, 2.05) is 0 Å². The van der Waals surface area contributed by atoms with Gasteiger partial charge in [0.1, 0.15) is 6.23 Å². The van der Waals surface area contributed by atoms with Gasteiger partial charge in [0, 0.05) is 11.8 Å². The van der Waals surface area contributed by atoms with Crippen LogP contribution < -0.4 is 10.0 Å². The van der Waals surface area contributed by atoms with Gasteiger partial charge >= 0.3 is 0 Å². The standard InChI is InChI=1S/C18H25N3O3S/c1-13(2)8-11-20-18(22)15-6-4-5-7-17(15)25(23,24)21-16-12-19-10-9-14(16)3/h4-7,9-10,12-13,18,20-22H,8,11H2,1-3H3. The normalized spacial score (nSPS) is 13.0. The van der Waals surface area contributed by atoms with E-state index in [1.54, 1.807) is 37.4 Å². The predicted molar refractivity (Wildman–Crippen MR) is 98.6 cm³/mol. The van der Waals surface area contributed by atoms with Crippen molar-refractivity contribution in [3.8, 4) is 0 Å². The van der Waals surface area contributed by atoms with Gasteiger partial charge in [-0.1, -0.05) is 32.0 Å². The Balaban J connectivity index is 2.25. The summed E-state index contributed by atoms with van der Waals surface area (Å²) < 4.78 is 28.1. The SMILES string of the molecule is Cc1ccncc1NS(=O)(=O)c1ccccc1C(O)NCCC(C)C. The van der Waals surface area contributed by atoms with Crippen LogP contribution in [0.25, 0.3) is 0 Å². The van der Waals surface area contributed by atoms with E-state index in [1.165, 1.54) is 12.3 Å². The Morgan fingerprint density at radius 1 is 1.20 bits per heavy atom. The Labute approximate surface area is 149 Å². The summed E-state index contributed by atoms with van der Waals surface area (Å²) >= 11 is 0. The molecule has 0 amide bonds. The minimum absolute atomic E-state index is 0.0443. The van der Waals surface area contributed by atoms with Crippen LogP contribution in [0.2, 0.25) is 0 Å². The number of hydrogen-bond acceptors (Lipinski definition) is 5. The molecule has 1 aromatic heterocycles. The van der Waals surface area contributed by atoms with E-state index in [0.29, 0.717) is 23.7 Å². The molecule has 7 heteroatoms. The van der Waals surface area contributed by atoms with Crippen molar-refractivity contribution in [2.45, 2.75) is 38.3 Å². The van der Waals surface area contributed by atoms with Crippen LogP contribution in [0, 0.1) is 12.8 Å². The van der Waals surface area contributed by atoms with E-state index in [2.05, 4.69) is 28.9 Å². The third kappa shape index (κ3) is 5.26. The van der Waals surface area contributed by atoms with Gasteiger partial charge in [0.2, 0.25) is 0 Å². The van der Waals surface area contributed by atoms with E-state index < -0.39 is 16.3 Å². The van der Waals surface area contributed by atoms with Gasteiger partial charge in [0.25, 0.3) is 10.0 Å². The van der Waals surface area contributed by atoms with E-state index in [4.69, 9.17) is 0 Å². The predicted octanol–water partition coefficient (Wildman–Crippen LogP) is 2.82. The van der Waals surface area contributed by atoms with Crippen molar-refractivity contribution in [1.29, 1.82) is 0 Å². The highest BCUT2D eigenvalue weighted by atomic mass is 32.2. The van der Waals surface area contributed by atoms with Crippen molar-refractivity contribution in [3.05, 3.63) is 53.9 Å². The zero-order valence-corrected chi connectivity index (χ0v) is 15.5. The molecule has 1 atom stereocenters. The highest BCUT2D eigenvalue weighted by Crippen LogP contribution is 2.24. The first kappa shape index (κ1) is 19.4. The molecular formula is C18H25N3O3S. The maximum atomic E-state index is 12.8. The number of anilines is 1. The van der Waals surface area contributed by atoms with Gasteiger partial charge in [-0.2, -0.15) is 0 Å². The molecule has 2 rings (SSSR count). The highest BCUT2D eigenvalue weighted by Gasteiger charge is 2.22. The first-order valence-electron chi connectivity index (χ1n) is 8.25. The topological polar surface area (TPSA) is 91.3 Å². The molecule has 1 unspecified atom stereocenters. The molecule has 6 nitrogen and oxygen atoms in total. The number of aliphatic hydroxyl groups excluding tert-OH is 1. The largest absolute Gasteiger partial charge is 0.374 e. The molecule has 0 saturated carbocycles. The molecule has 0 aliphatic carbocycles. The smallest absolute Gasteiger partial charge is 0.262 e. The summed E-state index contributed by atoms with van der Waals surface area (Å²) in [6.07, 6.45) is 2.90. The fraction of sp³-hybridized carbons (Fsp3) is 0.389. The molecule has 136 valence electrons. The van der Waals surface area contributed by atoms with Crippen LogP contribution in [0.15, 0.2) is 47.6 Å². The number of aryl methyl sites for hydroxylation is 1. The van der Waals surface area contributed by atoms with Crippen molar-refractivity contribution >= 4 is 15.7 Å². The quantitative estimate of drug-likeness (QED) is 0.627. The van der Waals surface area contributed by atoms with E-state index in [-0.39, 0.29) is 4.90 Å². The lowest BCUT2D eigenvalue weighted by Gasteiger charge is -2.18. The number of sulfonamides is 1. The van der Waals surface area contributed by atoms with Gasteiger partial charge in [0.15, 0.2) is 0 Å². The first-order chi connectivity index (χ1) is 11.8. The van der Waals surface area contributed by atoms with Gasteiger partial charge in [-0.15, -0.1) is 0 Å². The lowest BCUT2D eigenvalue weighted by Crippen LogP contribution is -2.26. The van der Waals surface area contributed by atoms with Crippen molar-refractivity contribution in [2.75, 3.05) is 11.3 Å². The van der Waals surface area contributed by atoms with Crippen LogP contribution in [0.5, 0.6) is 0 Å². The number of benzene rings is 1. The number of aromatic nitrogens is 1. The fourth-order valence-corrected chi connectivity index (χ4v) is 3.70. The summed E-state index contributed by atoms with van der Waals surface area (Å²) in [6, 6.07) is 8.16. The van der Waals surface area contributed by atoms with Gasteiger partial charge in [-0.25, -0.2) is 8.42 Å². The lowest BCUT2D eigenvalue weighted by molar-refractivity contribution is 0.134. The van der Waals surface area contributed by atoms with Gasteiger partial charge in [-0.05, 0) is 43.5 Å². The second-order valence-electron chi connectivity index (χ2n) is 6.37. The molecule has 1 aromatic carbocycles. The van der Waals surface area contributed by atoms with E-state index >= 15 is 0 Å². The van der Waals surface area contributed by atoms with Crippen LogP contribution in [0.3, 0.4) is 0 Å². The third-order valence-corrected chi connectivity index (χ3v) is 5.29. The Morgan fingerprint density at radius 2 is 1.92 bits per heavy atom. The van der Waals surface area contributed by atoms with Crippen LogP contribution in [-0.2, 0) is 10.0 Å². The van der Waals surface area contributed by atoms with Crippen LogP contribution in [0.1, 0.15) is 37.6 Å². The molecule has 0 radical (unpaired) electrons. The number of nitrogens with zero attached hydrogens (tertiary/aromatic N) is 1. The van der Waals surface area contributed by atoms with Gasteiger partial charge in [-0.3, -0.25) is 15.0 Å². The molecule has 0 aliphatic rings. The van der Waals surface area contributed by atoms with Gasteiger partial charge < -0.3 is 5.11 Å². The lowest BCUT2D eigenvalue weighted by atomic mass is 10.1. The Bertz CT molecular complexity index is 807. The van der Waals surface area contributed by atoms with E-state index in [9.17, 15) is 13.5 Å². The molecule has 2 aromatic rings. The van der Waals surface area contributed by atoms with Crippen molar-refractivity contribution < 1.29 is 13.5 Å². The first-order valence-corrected chi connectivity index (χ1v) is 9.73. The fourth-order valence-electron chi connectivity index (χ4n) is 2.34. The summed E-state index contributed by atoms with van der Waals surface area (Å²) in [6.45, 7) is 6.58. The average Bonchev–Trinajstić information content (AvgIpc) is 2.56. The summed E-state index contributed by atoms with van der Waals surface area (Å²) in [7, 11) is -3.84. The number of nitrogens with one attached hydrogen (secondary N) is 2. The Morgan fingerprint density at radius 3 is 2.60 bits per heavy atom. The zero-order chi connectivity index (χ0) is 18.4.